The standard InChI is InChI=1S/C12H7BrCl2O3/c1-17-10-5-7(14)6(4-8(10)15)12(16)9-2-3-11(13)18-9/h2-5H,1H3. The first-order valence-corrected chi connectivity index (χ1v) is 6.41. The van der Waals surface area contributed by atoms with Crippen LogP contribution in [0.25, 0.3) is 0 Å². The van der Waals surface area contributed by atoms with Crippen molar-refractivity contribution in [2.75, 3.05) is 7.11 Å². The molecule has 0 atom stereocenters. The second-order valence-electron chi connectivity index (χ2n) is 3.40. The molecular weight excluding hydrogens is 343 g/mol. The van der Waals surface area contributed by atoms with Gasteiger partial charge < -0.3 is 9.15 Å². The summed E-state index contributed by atoms with van der Waals surface area (Å²) >= 11 is 15.1. The summed E-state index contributed by atoms with van der Waals surface area (Å²) in [4.78, 5) is 12.1. The van der Waals surface area contributed by atoms with Crippen LogP contribution in [0.4, 0.5) is 0 Å². The lowest BCUT2D eigenvalue weighted by Crippen LogP contribution is -2.01. The summed E-state index contributed by atoms with van der Waals surface area (Å²) in [5.41, 5.74) is 0.268. The second-order valence-corrected chi connectivity index (χ2v) is 5.00. The molecule has 0 N–H and O–H groups in total. The van der Waals surface area contributed by atoms with Crippen LogP contribution >= 0.6 is 39.1 Å². The minimum Gasteiger partial charge on any atom is -0.495 e. The van der Waals surface area contributed by atoms with Gasteiger partial charge in [-0.05, 0) is 34.1 Å². The first kappa shape index (κ1) is 13.5. The van der Waals surface area contributed by atoms with Gasteiger partial charge in [0.1, 0.15) is 5.75 Å². The molecule has 0 aliphatic heterocycles. The topological polar surface area (TPSA) is 39.4 Å². The Morgan fingerprint density at radius 3 is 2.56 bits per heavy atom. The molecule has 1 aromatic carbocycles. The molecule has 94 valence electrons. The maximum Gasteiger partial charge on any atom is 0.229 e. The van der Waals surface area contributed by atoms with E-state index in [2.05, 4.69) is 15.9 Å². The Morgan fingerprint density at radius 2 is 2.00 bits per heavy atom. The highest BCUT2D eigenvalue weighted by Crippen LogP contribution is 2.32. The predicted molar refractivity (Wildman–Crippen MR) is 72.9 cm³/mol. The van der Waals surface area contributed by atoms with Crippen molar-refractivity contribution in [1.29, 1.82) is 0 Å². The van der Waals surface area contributed by atoms with E-state index in [-0.39, 0.29) is 22.1 Å². The first-order valence-electron chi connectivity index (χ1n) is 4.86. The van der Waals surface area contributed by atoms with Gasteiger partial charge in [-0.25, -0.2) is 0 Å². The lowest BCUT2D eigenvalue weighted by Gasteiger charge is -2.07. The number of furan rings is 1. The van der Waals surface area contributed by atoms with Crippen LogP contribution in [-0.2, 0) is 0 Å². The van der Waals surface area contributed by atoms with E-state index in [1.54, 1.807) is 12.1 Å². The third kappa shape index (κ3) is 2.55. The van der Waals surface area contributed by atoms with Crippen molar-refractivity contribution in [3.8, 4) is 5.75 Å². The summed E-state index contributed by atoms with van der Waals surface area (Å²) in [5.74, 6) is 0.263. The number of hydrogen-bond acceptors (Lipinski definition) is 3. The lowest BCUT2D eigenvalue weighted by atomic mass is 10.1. The zero-order valence-electron chi connectivity index (χ0n) is 9.17. The minimum atomic E-state index is -0.338. The first-order chi connectivity index (χ1) is 8.52. The Balaban J connectivity index is 2.45. The molecule has 2 aromatic rings. The van der Waals surface area contributed by atoms with E-state index in [1.807, 2.05) is 0 Å². The highest BCUT2D eigenvalue weighted by atomic mass is 79.9. The molecule has 0 spiro atoms. The molecule has 1 heterocycles. The lowest BCUT2D eigenvalue weighted by molar-refractivity contribution is 0.101. The third-order valence-electron chi connectivity index (χ3n) is 2.28. The van der Waals surface area contributed by atoms with Crippen LogP contribution in [0.5, 0.6) is 5.75 Å². The Kier molecular flexibility index (Phi) is 4.00. The SMILES string of the molecule is COc1cc(Cl)c(C(=O)c2ccc(Br)o2)cc1Cl. The van der Waals surface area contributed by atoms with Gasteiger partial charge in [-0.1, -0.05) is 23.2 Å². The van der Waals surface area contributed by atoms with Gasteiger partial charge in [0.05, 0.1) is 17.2 Å². The van der Waals surface area contributed by atoms with Crippen LogP contribution in [0, 0.1) is 0 Å². The molecule has 6 heteroatoms. The molecule has 0 amide bonds. The molecule has 0 aliphatic rings. The van der Waals surface area contributed by atoms with E-state index >= 15 is 0 Å². The number of carbonyl (C=O) groups excluding carboxylic acids is 1. The maximum atomic E-state index is 12.1. The fourth-order valence-corrected chi connectivity index (χ4v) is 2.21. The van der Waals surface area contributed by atoms with Gasteiger partial charge in [-0.2, -0.15) is 0 Å². The van der Waals surface area contributed by atoms with Crippen LogP contribution < -0.4 is 4.74 Å². The molecule has 0 aliphatic carbocycles. The predicted octanol–water partition coefficient (Wildman–Crippen LogP) is 4.59. The van der Waals surface area contributed by atoms with Crippen LogP contribution in [-0.4, -0.2) is 12.9 Å². The largest absolute Gasteiger partial charge is 0.495 e. The Labute approximate surface area is 122 Å². The number of carbonyl (C=O) groups is 1. The summed E-state index contributed by atoms with van der Waals surface area (Å²) in [6.07, 6.45) is 0. The van der Waals surface area contributed by atoms with E-state index in [4.69, 9.17) is 32.4 Å². The molecular formula is C12H7BrCl2O3. The Bertz CT molecular complexity index is 607. The van der Waals surface area contributed by atoms with Crippen molar-refractivity contribution in [3.05, 3.63) is 50.3 Å². The molecule has 0 bridgehead atoms. The zero-order valence-corrected chi connectivity index (χ0v) is 12.3. The van der Waals surface area contributed by atoms with Crippen molar-refractivity contribution < 1.29 is 13.9 Å². The third-order valence-corrected chi connectivity index (χ3v) is 3.32. The van der Waals surface area contributed by atoms with Gasteiger partial charge in [0, 0.05) is 11.6 Å². The molecule has 2 rings (SSSR count). The van der Waals surface area contributed by atoms with Crippen molar-refractivity contribution in [1.82, 2.24) is 0 Å². The van der Waals surface area contributed by atoms with Gasteiger partial charge in [0.15, 0.2) is 10.4 Å². The van der Waals surface area contributed by atoms with Gasteiger partial charge in [-0.15, -0.1) is 0 Å². The summed E-state index contributed by atoms with van der Waals surface area (Å²) in [5, 5.41) is 0.574. The van der Waals surface area contributed by atoms with E-state index in [0.717, 1.165) is 0 Å². The summed E-state index contributed by atoms with van der Waals surface area (Å²) in [6, 6.07) is 6.14. The minimum absolute atomic E-state index is 0.185. The number of ether oxygens (including phenoxy) is 1. The van der Waals surface area contributed by atoms with Crippen molar-refractivity contribution >= 4 is 44.9 Å². The van der Waals surface area contributed by atoms with Gasteiger partial charge in [0.25, 0.3) is 0 Å². The molecule has 18 heavy (non-hydrogen) atoms. The van der Waals surface area contributed by atoms with Crippen LogP contribution in [0.15, 0.2) is 33.4 Å². The number of halogens is 3. The second kappa shape index (κ2) is 5.34. The fourth-order valence-electron chi connectivity index (χ4n) is 1.43. The maximum absolute atomic E-state index is 12.1. The van der Waals surface area contributed by atoms with Gasteiger partial charge in [0.2, 0.25) is 5.78 Å². The van der Waals surface area contributed by atoms with E-state index in [0.29, 0.717) is 15.4 Å². The van der Waals surface area contributed by atoms with E-state index in [9.17, 15) is 4.79 Å². The van der Waals surface area contributed by atoms with E-state index < -0.39 is 0 Å². The molecule has 0 unspecified atom stereocenters. The average Bonchev–Trinajstić information content (AvgIpc) is 2.77. The Morgan fingerprint density at radius 1 is 1.28 bits per heavy atom. The number of ketones is 1. The van der Waals surface area contributed by atoms with Crippen molar-refractivity contribution in [2.45, 2.75) is 0 Å². The van der Waals surface area contributed by atoms with Crippen molar-refractivity contribution in [2.24, 2.45) is 0 Å². The highest BCUT2D eigenvalue weighted by Gasteiger charge is 2.18. The molecule has 0 saturated carbocycles. The average molecular weight is 350 g/mol. The number of rotatable bonds is 3. The number of hydrogen-bond donors (Lipinski definition) is 0. The summed E-state index contributed by atoms with van der Waals surface area (Å²) in [7, 11) is 1.47. The van der Waals surface area contributed by atoms with Crippen LogP contribution in [0.2, 0.25) is 10.0 Å². The van der Waals surface area contributed by atoms with Gasteiger partial charge >= 0.3 is 0 Å². The smallest absolute Gasteiger partial charge is 0.229 e. The van der Waals surface area contributed by atoms with E-state index in [1.165, 1.54) is 19.2 Å². The Hall–Kier alpha value is -0.970. The van der Waals surface area contributed by atoms with Crippen molar-refractivity contribution in [3.63, 3.8) is 0 Å². The number of methoxy groups -OCH3 is 1. The van der Waals surface area contributed by atoms with Crippen LogP contribution in [0.1, 0.15) is 16.1 Å². The quantitative estimate of drug-likeness (QED) is 0.761. The zero-order chi connectivity index (χ0) is 13.3. The molecule has 0 fully saturated rings. The van der Waals surface area contributed by atoms with Gasteiger partial charge in [-0.3, -0.25) is 4.79 Å². The fraction of sp³-hybridized carbons (Fsp3) is 0.0833. The number of benzene rings is 1. The molecule has 1 aromatic heterocycles. The summed E-state index contributed by atoms with van der Waals surface area (Å²) < 4.78 is 10.7. The van der Waals surface area contributed by atoms with Crippen LogP contribution in [0.3, 0.4) is 0 Å². The molecule has 0 radical (unpaired) electrons. The molecule has 3 nitrogen and oxygen atoms in total. The highest BCUT2D eigenvalue weighted by molar-refractivity contribution is 9.10. The normalized spacial score (nSPS) is 10.4. The molecule has 0 saturated heterocycles. The monoisotopic (exact) mass is 348 g/mol. The summed E-state index contributed by atoms with van der Waals surface area (Å²) in [6.45, 7) is 0.